The van der Waals surface area contributed by atoms with Gasteiger partial charge in [-0.2, -0.15) is 13.2 Å². The Morgan fingerprint density at radius 1 is 1.21 bits per heavy atom. The van der Waals surface area contributed by atoms with E-state index >= 15 is 0 Å². The van der Waals surface area contributed by atoms with Crippen molar-refractivity contribution in [2.45, 2.75) is 44.7 Å². The Bertz CT molecular complexity index is 1250. The summed E-state index contributed by atoms with van der Waals surface area (Å²) in [6, 6.07) is 7.90. The number of carbonyl (C=O) groups is 1. The Morgan fingerprint density at radius 2 is 2.06 bits per heavy atom. The second-order valence-electron chi connectivity index (χ2n) is 9.79. The van der Waals surface area contributed by atoms with E-state index in [9.17, 15) is 18.0 Å². The molecule has 9 heteroatoms. The number of hydrogen-bond acceptors (Lipinski definition) is 5. The Kier molecular flexibility index (Phi) is 4.69. The topological polar surface area (TPSA) is 58.1 Å². The summed E-state index contributed by atoms with van der Waals surface area (Å²) in [5, 5.41) is 3.61. The maximum atomic E-state index is 12.8. The molecule has 2 fully saturated rings. The molecule has 1 saturated heterocycles. The summed E-state index contributed by atoms with van der Waals surface area (Å²) < 4.78 is 38.5. The SMILES string of the molecule is O=C1Cc2cc(CC3CC4(CCN(c5ncnc6sc(CC(F)(F)F)cc56)C4)C3)ccc2N1. The molecular formula is C24H23F3N4OS. The molecule has 2 aromatic heterocycles. The summed E-state index contributed by atoms with van der Waals surface area (Å²) in [5.74, 6) is 1.45. The number of thiophene rings is 1. The molecule has 1 spiro atoms. The molecule has 1 N–H and O–H groups in total. The number of rotatable bonds is 4. The van der Waals surface area contributed by atoms with E-state index in [-0.39, 0.29) is 16.2 Å². The maximum Gasteiger partial charge on any atom is 0.393 e. The molecule has 0 unspecified atom stereocenters. The summed E-state index contributed by atoms with van der Waals surface area (Å²) in [6.07, 6.45) is 1.18. The van der Waals surface area contributed by atoms with Crippen LogP contribution in [-0.4, -0.2) is 35.1 Å². The van der Waals surface area contributed by atoms with Crippen LogP contribution in [0.2, 0.25) is 0 Å². The first-order valence-corrected chi connectivity index (χ1v) is 12.0. The molecule has 4 heterocycles. The van der Waals surface area contributed by atoms with E-state index in [1.165, 1.54) is 11.9 Å². The third-order valence-corrected chi connectivity index (χ3v) is 8.28. The number of fused-ring (bicyclic) bond motifs is 2. The maximum absolute atomic E-state index is 12.8. The van der Waals surface area contributed by atoms with Gasteiger partial charge < -0.3 is 10.2 Å². The molecule has 0 radical (unpaired) electrons. The van der Waals surface area contributed by atoms with Gasteiger partial charge in [-0.25, -0.2) is 9.97 Å². The van der Waals surface area contributed by atoms with Gasteiger partial charge in [-0.15, -0.1) is 11.3 Å². The van der Waals surface area contributed by atoms with Crippen molar-refractivity contribution < 1.29 is 18.0 Å². The minimum atomic E-state index is -4.22. The summed E-state index contributed by atoms with van der Waals surface area (Å²) >= 11 is 1.10. The van der Waals surface area contributed by atoms with Crippen LogP contribution in [0.1, 0.15) is 35.3 Å². The molecule has 3 aromatic rings. The number of amides is 1. The van der Waals surface area contributed by atoms with Crippen LogP contribution in [0, 0.1) is 11.3 Å². The molecule has 3 aliphatic rings. The van der Waals surface area contributed by atoms with E-state index in [0.717, 1.165) is 72.6 Å². The Balaban J connectivity index is 1.12. The van der Waals surface area contributed by atoms with Crippen LogP contribution in [0.15, 0.2) is 30.6 Å². The molecule has 1 saturated carbocycles. The molecule has 1 aromatic carbocycles. The van der Waals surface area contributed by atoms with Crippen molar-refractivity contribution in [3.8, 4) is 0 Å². The third kappa shape index (κ3) is 3.96. The highest BCUT2D eigenvalue weighted by atomic mass is 32.1. The summed E-state index contributed by atoms with van der Waals surface area (Å²) in [5.41, 5.74) is 3.57. The molecule has 172 valence electrons. The second kappa shape index (κ2) is 7.41. The van der Waals surface area contributed by atoms with Crippen molar-refractivity contribution in [1.29, 1.82) is 0 Å². The lowest BCUT2D eigenvalue weighted by Gasteiger charge is -2.45. The lowest BCUT2D eigenvalue weighted by Crippen LogP contribution is -2.40. The summed E-state index contributed by atoms with van der Waals surface area (Å²) in [6.45, 7) is 1.76. The molecule has 1 aliphatic carbocycles. The van der Waals surface area contributed by atoms with Crippen LogP contribution in [0.3, 0.4) is 0 Å². The van der Waals surface area contributed by atoms with Gasteiger partial charge in [0.2, 0.25) is 5.91 Å². The minimum absolute atomic E-state index is 0.0609. The van der Waals surface area contributed by atoms with Crippen molar-refractivity contribution in [2.24, 2.45) is 11.3 Å². The number of halogens is 3. The highest BCUT2D eigenvalue weighted by Gasteiger charge is 2.48. The Hall–Kier alpha value is -2.68. The highest BCUT2D eigenvalue weighted by Crippen LogP contribution is 2.53. The molecule has 0 atom stereocenters. The van der Waals surface area contributed by atoms with Gasteiger partial charge in [-0.3, -0.25) is 4.79 Å². The molecule has 6 rings (SSSR count). The van der Waals surface area contributed by atoms with Crippen LogP contribution in [0.5, 0.6) is 0 Å². The van der Waals surface area contributed by atoms with Crippen LogP contribution >= 0.6 is 11.3 Å². The first-order chi connectivity index (χ1) is 15.8. The monoisotopic (exact) mass is 472 g/mol. The number of benzene rings is 1. The second-order valence-corrected chi connectivity index (χ2v) is 10.9. The van der Waals surface area contributed by atoms with Crippen molar-refractivity contribution >= 4 is 39.0 Å². The number of alkyl halides is 3. The molecular weight excluding hydrogens is 449 g/mol. The Morgan fingerprint density at radius 3 is 2.88 bits per heavy atom. The van der Waals surface area contributed by atoms with Gasteiger partial charge >= 0.3 is 6.18 Å². The fourth-order valence-electron chi connectivity index (χ4n) is 5.93. The number of nitrogens with one attached hydrogen (secondary N) is 1. The number of anilines is 2. The number of hydrogen-bond donors (Lipinski definition) is 1. The molecule has 2 aliphatic heterocycles. The average Bonchev–Trinajstić information content (AvgIpc) is 3.41. The predicted molar refractivity (Wildman–Crippen MR) is 122 cm³/mol. The summed E-state index contributed by atoms with van der Waals surface area (Å²) in [7, 11) is 0. The lowest BCUT2D eigenvalue weighted by atomic mass is 9.60. The normalized spacial score (nSPS) is 24.4. The van der Waals surface area contributed by atoms with E-state index in [1.807, 2.05) is 6.07 Å². The number of nitrogens with zero attached hydrogens (tertiary/aromatic N) is 3. The molecule has 1 amide bonds. The van der Waals surface area contributed by atoms with E-state index in [1.54, 1.807) is 6.07 Å². The zero-order valence-electron chi connectivity index (χ0n) is 17.9. The van der Waals surface area contributed by atoms with Gasteiger partial charge in [-0.1, -0.05) is 12.1 Å². The lowest BCUT2D eigenvalue weighted by molar-refractivity contribution is -0.126. The van der Waals surface area contributed by atoms with Crippen LogP contribution < -0.4 is 10.2 Å². The number of aromatic nitrogens is 2. The van der Waals surface area contributed by atoms with E-state index in [0.29, 0.717) is 17.2 Å². The number of carbonyl (C=O) groups excluding carboxylic acids is 1. The fraction of sp³-hybridized carbons (Fsp3) is 0.458. The largest absolute Gasteiger partial charge is 0.393 e. The molecule has 33 heavy (non-hydrogen) atoms. The van der Waals surface area contributed by atoms with Crippen molar-refractivity contribution in [3.63, 3.8) is 0 Å². The van der Waals surface area contributed by atoms with Crippen molar-refractivity contribution in [1.82, 2.24) is 9.97 Å². The first-order valence-electron chi connectivity index (χ1n) is 11.2. The minimum Gasteiger partial charge on any atom is -0.355 e. The third-order valence-electron chi connectivity index (χ3n) is 7.23. The van der Waals surface area contributed by atoms with Gasteiger partial charge in [0.1, 0.15) is 17.0 Å². The average molecular weight is 473 g/mol. The molecule has 5 nitrogen and oxygen atoms in total. The molecule has 0 bridgehead atoms. The van der Waals surface area contributed by atoms with E-state index in [4.69, 9.17) is 0 Å². The van der Waals surface area contributed by atoms with Gasteiger partial charge in [-0.05, 0) is 60.3 Å². The van der Waals surface area contributed by atoms with Crippen LogP contribution in [-0.2, 0) is 24.1 Å². The Labute approximate surface area is 193 Å². The first kappa shape index (κ1) is 20.9. The van der Waals surface area contributed by atoms with Gasteiger partial charge in [0.05, 0.1) is 18.2 Å². The smallest absolute Gasteiger partial charge is 0.355 e. The van der Waals surface area contributed by atoms with E-state index in [2.05, 4.69) is 32.3 Å². The van der Waals surface area contributed by atoms with Gasteiger partial charge in [0, 0.05) is 23.7 Å². The van der Waals surface area contributed by atoms with E-state index < -0.39 is 12.6 Å². The predicted octanol–water partition coefficient (Wildman–Crippen LogP) is 5.14. The standard InChI is InChI=1S/C24H23F3N4OS/c25-24(26,27)11-17-8-18-21(28-13-29-22(18)33-17)31-4-3-23(12-31)9-15(10-23)5-14-1-2-19-16(6-14)7-20(32)30-19/h1-2,6,8,13,15H,3-5,7,9-12H2,(H,30,32). The van der Waals surface area contributed by atoms with Crippen molar-refractivity contribution in [3.05, 3.63) is 46.6 Å². The van der Waals surface area contributed by atoms with Gasteiger partial charge in [0.15, 0.2) is 0 Å². The summed E-state index contributed by atoms with van der Waals surface area (Å²) in [4.78, 5) is 23.4. The fourth-order valence-corrected chi connectivity index (χ4v) is 6.95. The van der Waals surface area contributed by atoms with Crippen molar-refractivity contribution in [2.75, 3.05) is 23.3 Å². The quantitative estimate of drug-likeness (QED) is 0.571. The zero-order valence-corrected chi connectivity index (χ0v) is 18.7. The zero-order chi connectivity index (χ0) is 22.8. The highest BCUT2D eigenvalue weighted by molar-refractivity contribution is 7.18. The van der Waals surface area contributed by atoms with Crippen LogP contribution in [0.4, 0.5) is 24.7 Å². The van der Waals surface area contributed by atoms with Gasteiger partial charge in [0.25, 0.3) is 0 Å². The van der Waals surface area contributed by atoms with Crippen LogP contribution in [0.25, 0.3) is 10.2 Å².